The minimum absolute atomic E-state index is 0.433. The van der Waals surface area contributed by atoms with Gasteiger partial charge < -0.3 is 0 Å². The molecule has 0 saturated carbocycles. The van der Waals surface area contributed by atoms with E-state index in [4.69, 9.17) is 9.97 Å². The third-order valence-electron chi connectivity index (χ3n) is 8.87. The molecule has 0 spiro atoms. The summed E-state index contributed by atoms with van der Waals surface area (Å²) >= 11 is 1.87. The van der Waals surface area contributed by atoms with Gasteiger partial charge in [-0.2, -0.15) is 0 Å². The Labute approximate surface area is 255 Å². The Hall–Kier alpha value is -4.60. The fourth-order valence-electron chi connectivity index (χ4n) is 6.44. The number of fused-ring (bicyclic) bond motifs is 9. The Kier molecular flexibility index (Phi) is 6.06. The maximum atomic E-state index is 5.37. The summed E-state index contributed by atoms with van der Waals surface area (Å²) in [5.41, 5.74) is 9.01. The van der Waals surface area contributed by atoms with Gasteiger partial charge >= 0.3 is 0 Å². The third kappa shape index (κ3) is 4.22. The smallest absolute Gasteiger partial charge is 0.0979 e. The van der Waals surface area contributed by atoms with E-state index in [0.29, 0.717) is 11.8 Å². The topological polar surface area (TPSA) is 25.8 Å². The SMILES string of the molecule is CC(C)c1ccc2c3ccc(C(C)C)cc3c3nc(-c4cccc(-c5cccc6c5sc5ccccc56)c4)cnc3c2c1. The van der Waals surface area contributed by atoms with Crippen molar-refractivity contribution < 1.29 is 0 Å². The molecule has 0 saturated heterocycles. The maximum absolute atomic E-state index is 5.37. The molecule has 0 fully saturated rings. The first kappa shape index (κ1) is 26.1. The quantitative estimate of drug-likeness (QED) is 0.196. The molecule has 208 valence electrons. The molecule has 0 unspecified atom stereocenters. The lowest BCUT2D eigenvalue weighted by Gasteiger charge is -2.15. The van der Waals surface area contributed by atoms with Crippen LogP contribution in [0, 0.1) is 0 Å². The Morgan fingerprint density at radius 1 is 0.535 bits per heavy atom. The first-order chi connectivity index (χ1) is 21.0. The van der Waals surface area contributed by atoms with Crippen molar-refractivity contribution in [2.24, 2.45) is 0 Å². The average molecular weight is 573 g/mol. The molecule has 43 heavy (non-hydrogen) atoms. The first-order valence-corrected chi connectivity index (χ1v) is 15.9. The van der Waals surface area contributed by atoms with Gasteiger partial charge in [-0.25, -0.2) is 4.98 Å². The van der Waals surface area contributed by atoms with Crippen molar-refractivity contribution in [1.82, 2.24) is 9.97 Å². The maximum Gasteiger partial charge on any atom is 0.0979 e. The van der Waals surface area contributed by atoms with Crippen LogP contribution < -0.4 is 0 Å². The fraction of sp³-hybridized carbons (Fsp3) is 0.150. The normalized spacial score (nSPS) is 12.1. The molecule has 0 aliphatic heterocycles. The van der Waals surface area contributed by atoms with Crippen molar-refractivity contribution in [3.05, 3.63) is 120 Å². The van der Waals surface area contributed by atoms with Crippen molar-refractivity contribution in [2.45, 2.75) is 39.5 Å². The van der Waals surface area contributed by atoms with Gasteiger partial charge in [0.2, 0.25) is 0 Å². The molecule has 0 aliphatic carbocycles. The lowest BCUT2D eigenvalue weighted by Crippen LogP contribution is -1.95. The van der Waals surface area contributed by atoms with Crippen LogP contribution in [-0.4, -0.2) is 9.97 Å². The van der Waals surface area contributed by atoms with Crippen LogP contribution in [0.25, 0.3) is 75.1 Å². The largest absolute Gasteiger partial charge is 0.252 e. The van der Waals surface area contributed by atoms with Crippen molar-refractivity contribution >= 4 is 64.1 Å². The van der Waals surface area contributed by atoms with E-state index in [9.17, 15) is 0 Å². The van der Waals surface area contributed by atoms with Crippen molar-refractivity contribution in [3.63, 3.8) is 0 Å². The number of aromatic nitrogens is 2. The molecule has 6 aromatic carbocycles. The second-order valence-corrected chi connectivity index (χ2v) is 13.3. The Morgan fingerprint density at radius 2 is 1.19 bits per heavy atom. The van der Waals surface area contributed by atoms with Gasteiger partial charge in [-0.1, -0.05) is 107 Å². The predicted octanol–water partition coefficient (Wildman–Crippen LogP) is 11.9. The minimum atomic E-state index is 0.433. The summed E-state index contributed by atoms with van der Waals surface area (Å²) < 4.78 is 2.65. The zero-order chi connectivity index (χ0) is 29.2. The molecular weight excluding hydrogens is 541 g/mol. The van der Waals surface area contributed by atoms with Gasteiger partial charge in [-0.15, -0.1) is 11.3 Å². The van der Waals surface area contributed by atoms with Gasteiger partial charge in [-0.3, -0.25) is 4.98 Å². The lowest BCUT2D eigenvalue weighted by molar-refractivity contribution is 0.868. The van der Waals surface area contributed by atoms with Gasteiger partial charge in [0, 0.05) is 36.5 Å². The summed E-state index contributed by atoms with van der Waals surface area (Å²) in [6.07, 6.45) is 1.96. The van der Waals surface area contributed by atoms with Crippen LogP contribution in [0.2, 0.25) is 0 Å². The van der Waals surface area contributed by atoms with Crippen LogP contribution >= 0.6 is 11.3 Å². The summed E-state index contributed by atoms with van der Waals surface area (Å²) in [6, 6.07) is 37.9. The van der Waals surface area contributed by atoms with E-state index in [-0.39, 0.29) is 0 Å². The summed E-state index contributed by atoms with van der Waals surface area (Å²) in [4.78, 5) is 10.5. The Morgan fingerprint density at radius 3 is 1.93 bits per heavy atom. The molecule has 2 heterocycles. The molecule has 8 aromatic rings. The van der Waals surface area contributed by atoms with Crippen molar-refractivity contribution in [1.29, 1.82) is 0 Å². The van der Waals surface area contributed by atoms with E-state index in [1.807, 2.05) is 17.5 Å². The predicted molar refractivity (Wildman–Crippen MR) is 186 cm³/mol. The van der Waals surface area contributed by atoms with Crippen LogP contribution in [-0.2, 0) is 0 Å². The van der Waals surface area contributed by atoms with E-state index >= 15 is 0 Å². The van der Waals surface area contributed by atoms with E-state index < -0.39 is 0 Å². The van der Waals surface area contributed by atoms with Crippen LogP contribution in [0.1, 0.15) is 50.7 Å². The van der Waals surface area contributed by atoms with Gasteiger partial charge in [0.15, 0.2) is 0 Å². The second-order valence-electron chi connectivity index (χ2n) is 12.2. The monoisotopic (exact) mass is 572 g/mol. The molecule has 0 bridgehead atoms. The molecule has 0 radical (unpaired) electrons. The highest BCUT2D eigenvalue weighted by Gasteiger charge is 2.16. The lowest BCUT2D eigenvalue weighted by atomic mass is 9.92. The highest BCUT2D eigenvalue weighted by molar-refractivity contribution is 7.26. The van der Waals surface area contributed by atoms with Gasteiger partial charge in [0.1, 0.15) is 0 Å². The van der Waals surface area contributed by atoms with E-state index in [0.717, 1.165) is 22.3 Å². The average Bonchev–Trinajstić information content (AvgIpc) is 3.43. The molecule has 0 amide bonds. The zero-order valence-corrected chi connectivity index (χ0v) is 25.7. The second kappa shape index (κ2) is 10.00. The number of nitrogens with zero attached hydrogens (tertiary/aromatic N) is 2. The number of thiophene rings is 1. The van der Waals surface area contributed by atoms with E-state index in [2.05, 4.69) is 131 Å². The molecule has 2 nitrogen and oxygen atoms in total. The number of hydrogen-bond donors (Lipinski definition) is 0. The van der Waals surface area contributed by atoms with Crippen LogP contribution in [0.3, 0.4) is 0 Å². The number of rotatable bonds is 4. The van der Waals surface area contributed by atoms with Crippen molar-refractivity contribution in [2.75, 3.05) is 0 Å². The van der Waals surface area contributed by atoms with Gasteiger partial charge in [0.25, 0.3) is 0 Å². The summed E-state index contributed by atoms with van der Waals surface area (Å²) in [5, 5.41) is 7.46. The van der Waals surface area contributed by atoms with Gasteiger partial charge in [-0.05, 0) is 69.1 Å². The number of hydrogen-bond acceptors (Lipinski definition) is 3. The highest BCUT2D eigenvalue weighted by Crippen LogP contribution is 2.41. The zero-order valence-electron chi connectivity index (χ0n) is 24.8. The molecule has 3 heteroatoms. The third-order valence-corrected chi connectivity index (χ3v) is 10.1. The Bertz CT molecular complexity index is 2360. The minimum Gasteiger partial charge on any atom is -0.252 e. The molecule has 0 aliphatic rings. The summed E-state index contributed by atoms with van der Waals surface area (Å²) in [5.74, 6) is 0.877. The van der Waals surface area contributed by atoms with Crippen LogP contribution in [0.4, 0.5) is 0 Å². The molecule has 0 atom stereocenters. The van der Waals surface area contributed by atoms with Gasteiger partial charge in [0.05, 0.1) is 22.9 Å². The molecule has 2 aromatic heterocycles. The summed E-state index contributed by atoms with van der Waals surface area (Å²) in [6.45, 7) is 8.99. The van der Waals surface area contributed by atoms with E-state index in [1.54, 1.807) is 0 Å². The molecule has 0 N–H and O–H groups in total. The van der Waals surface area contributed by atoms with Crippen LogP contribution in [0.15, 0.2) is 109 Å². The standard InChI is InChI=1S/C40H32N2S/c1-23(2)25-15-17-30-31-18-16-26(24(3)4)21-35(31)39-38(34(30)20-25)41-22-36(42-39)28-10-7-9-27(19-28)29-12-8-13-33-32-11-5-6-14-37(32)43-40(29)33/h5-24H,1-4H3. The number of benzene rings is 6. The fourth-order valence-corrected chi connectivity index (χ4v) is 7.68. The first-order valence-electron chi connectivity index (χ1n) is 15.1. The summed E-state index contributed by atoms with van der Waals surface area (Å²) in [7, 11) is 0. The van der Waals surface area contributed by atoms with E-state index in [1.165, 1.54) is 64.0 Å². The molecule has 8 rings (SSSR count). The molecular formula is C40H32N2S. The van der Waals surface area contributed by atoms with Crippen LogP contribution in [0.5, 0.6) is 0 Å². The van der Waals surface area contributed by atoms with Crippen molar-refractivity contribution in [3.8, 4) is 22.4 Å². The Balaban J connectivity index is 1.35. The highest BCUT2D eigenvalue weighted by atomic mass is 32.1.